The van der Waals surface area contributed by atoms with Crippen molar-refractivity contribution >= 4 is 44.9 Å². The van der Waals surface area contributed by atoms with Gasteiger partial charge in [-0.2, -0.15) is 5.10 Å². The Bertz CT molecular complexity index is 647. The van der Waals surface area contributed by atoms with E-state index in [-0.39, 0.29) is 11.9 Å². The van der Waals surface area contributed by atoms with Gasteiger partial charge in [0.1, 0.15) is 5.69 Å². The van der Waals surface area contributed by atoms with Crippen LogP contribution in [0.3, 0.4) is 0 Å². The van der Waals surface area contributed by atoms with Crippen LogP contribution in [-0.2, 0) is 5.75 Å². The number of thioether (sulfide) groups is 1. The minimum Gasteiger partial charge on any atom is -0.349 e. The molecule has 2 aromatic rings. The molecule has 0 atom stereocenters. The molecule has 0 bridgehead atoms. The van der Waals surface area contributed by atoms with Crippen LogP contribution >= 0.6 is 39.0 Å². The van der Waals surface area contributed by atoms with Crippen molar-refractivity contribution in [2.75, 3.05) is 0 Å². The van der Waals surface area contributed by atoms with Crippen molar-refractivity contribution in [1.29, 1.82) is 0 Å². The van der Waals surface area contributed by atoms with Crippen LogP contribution in [0.2, 0.25) is 0 Å². The minimum atomic E-state index is -0.0814. The lowest BCUT2D eigenvalue weighted by Gasteiger charge is -2.12. The maximum Gasteiger partial charge on any atom is 0.269 e. The highest BCUT2D eigenvalue weighted by Gasteiger charge is 2.27. The fraction of sp³-hybridized carbons (Fsp3) is 0.333. The number of thiophene rings is 1. The molecule has 2 aromatic heterocycles. The van der Waals surface area contributed by atoms with E-state index in [1.54, 1.807) is 23.1 Å². The summed E-state index contributed by atoms with van der Waals surface area (Å²) in [7, 11) is 0. The van der Waals surface area contributed by atoms with Gasteiger partial charge in [-0.3, -0.25) is 9.89 Å². The molecule has 0 unspecified atom stereocenters. The molecule has 3 heterocycles. The SMILES string of the molecule is CC(C)NC(=O)c1[nH]nc2c1CSc1sc(Br)cc1-2. The Morgan fingerprint density at radius 3 is 3.11 bits per heavy atom. The zero-order valence-electron chi connectivity index (χ0n) is 10.4. The fourth-order valence-electron chi connectivity index (χ4n) is 2.01. The van der Waals surface area contributed by atoms with Crippen LogP contribution in [0.4, 0.5) is 0 Å². The van der Waals surface area contributed by atoms with Crippen LogP contribution in [0.5, 0.6) is 0 Å². The number of aromatic nitrogens is 2. The Hall–Kier alpha value is -0.790. The van der Waals surface area contributed by atoms with Crippen molar-refractivity contribution in [2.24, 2.45) is 0 Å². The van der Waals surface area contributed by atoms with E-state index >= 15 is 0 Å². The minimum absolute atomic E-state index is 0.0814. The fourth-order valence-corrected chi connectivity index (χ4v) is 5.21. The maximum atomic E-state index is 12.1. The average Bonchev–Trinajstić information content (AvgIpc) is 2.88. The van der Waals surface area contributed by atoms with Crippen LogP contribution in [-0.4, -0.2) is 22.1 Å². The van der Waals surface area contributed by atoms with Crippen LogP contribution in [0.15, 0.2) is 14.1 Å². The highest BCUT2D eigenvalue weighted by Crippen LogP contribution is 2.47. The summed E-state index contributed by atoms with van der Waals surface area (Å²) >= 11 is 6.96. The monoisotopic (exact) mass is 357 g/mol. The van der Waals surface area contributed by atoms with Crippen LogP contribution in [0, 0.1) is 0 Å². The summed E-state index contributed by atoms with van der Waals surface area (Å²) in [5.74, 6) is 0.703. The first kappa shape index (κ1) is 13.2. The van der Waals surface area contributed by atoms with E-state index in [2.05, 4.69) is 37.5 Å². The molecule has 1 aliphatic heterocycles. The summed E-state index contributed by atoms with van der Waals surface area (Å²) in [5, 5.41) is 10.1. The molecule has 0 saturated heterocycles. The molecule has 4 nitrogen and oxygen atoms in total. The van der Waals surface area contributed by atoms with Gasteiger partial charge in [0.05, 0.1) is 13.7 Å². The second-order valence-electron chi connectivity index (χ2n) is 4.59. The number of nitrogens with zero attached hydrogens (tertiary/aromatic N) is 1. The normalized spacial score (nSPS) is 13.3. The number of aromatic amines is 1. The van der Waals surface area contributed by atoms with Crippen molar-refractivity contribution in [3.63, 3.8) is 0 Å². The first-order valence-electron chi connectivity index (χ1n) is 5.87. The highest BCUT2D eigenvalue weighted by atomic mass is 79.9. The Kier molecular flexibility index (Phi) is 3.44. The number of nitrogens with one attached hydrogen (secondary N) is 2. The summed E-state index contributed by atoms with van der Waals surface area (Å²) in [6.45, 7) is 3.90. The smallest absolute Gasteiger partial charge is 0.269 e. The first-order valence-corrected chi connectivity index (χ1v) is 8.46. The van der Waals surface area contributed by atoms with Crippen molar-refractivity contribution in [3.8, 4) is 11.3 Å². The molecule has 0 aliphatic carbocycles. The van der Waals surface area contributed by atoms with Gasteiger partial charge in [0.2, 0.25) is 0 Å². The average molecular weight is 358 g/mol. The summed E-state index contributed by atoms with van der Waals surface area (Å²) in [6, 6.07) is 2.18. The summed E-state index contributed by atoms with van der Waals surface area (Å²) in [6.07, 6.45) is 0. The Labute approximate surface area is 127 Å². The van der Waals surface area contributed by atoms with Gasteiger partial charge in [-0.05, 0) is 35.8 Å². The molecule has 1 amide bonds. The van der Waals surface area contributed by atoms with E-state index in [1.807, 2.05) is 13.8 Å². The molecular formula is C12H12BrN3OS2. The number of amides is 1. The standard InChI is InChI=1S/C12H12BrN3OS2/c1-5(2)14-11(17)10-7-4-18-12-6(3-8(13)19-12)9(7)15-16-10/h3,5H,4H2,1-2H3,(H,14,17)(H,15,16). The summed E-state index contributed by atoms with van der Waals surface area (Å²) in [5.41, 5.74) is 3.61. The molecule has 0 aromatic carbocycles. The number of hydrogen-bond donors (Lipinski definition) is 2. The van der Waals surface area contributed by atoms with E-state index in [4.69, 9.17) is 0 Å². The van der Waals surface area contributed by atoms with Crippen molar-refractivity contribution in [2.45, 2.75) is 29.9 Å². The lowest BCUT2D eigenvalue weighted by molar-refractivity contribution is 0.0937. The third-order valence-electron chi connectivity index (χ3n) is 2.78. The van der Waals surface area contributed by atoms with Crippen LogP contribution < -0.4 is 5.32 Å². The number of carbonyl (C=O) groups is 1. The van der Waals surface area contributed by atoms with Gasteiger partial charge in [-0.25, -0.2) is 0 Å². The molecule has 0 radical (unpaired) electrons. The van der Waals surface area contributed by atoms with Crippen molar-refractivity contribution in [1.82, 2.24) is 15.5 Å². The highest BCUT2D eigenvalue weighted by molar-refractivity contribution is 9.11. The number of fused-ring (bicyclic) bond motifs is 3. The molecule has 0 spiro atoms. The van der Waals surface area contributed by atoms with Gasteiger partial charge in [0.25, 0.3) is 5.91 Å². The molecule has 19 heavy (non-hydrogen) atoms. The largest absolute Gasteiger partial charge is 0.349 e. The molecule has 3 rings (SSSR count). The van der Waals surface area contributed by atoms with E-state index in [0.717, 1.165) is 26.4 Å². The second kappa shape index (κ2) is 4.96. The van der Waals surface area contributed by atoms with Gasteiger partial charge in [0, 0.05) is 22.9 Å². The first-order chi connectivity index (χ1) is 9.06. The van der Waals surface area contributed by atoms with Gasteiger partial charge in [0.15, 0.2) is 0 Å². The van der Waals surface area contributed by atoms with E-state index in [9.17, 15) is 4.79 Å². The van der Waals surface area contributed by atoms with Gasteiger partial charge in [-0.15, -0.1) is 23.1 Å². The summed E-state index contributed by atoms with van der Waals surface area (Å²) < 4.78 is 2.34. The number of carbonyl (C=O) groups excluding carboxylic acids is 1. The third kappa shape index (κ3) is 2.34. The van der Waals surface area contributed by atoms with Crippen molar-refractivity contribution < 1.29 is 4.79 Å². The van der Waals surface area contributed by atoms with Crippen LogP contribution in [0.1, 0.15) is 29.9 Å². The van der Waals surface area contributed by atoms with Gasteiger partial charge in [-0.1, -0.05) is 0 Å². The number of rotatable bonds is 2. The topological polar surface area (TPSA) is 57.8 Å². The molecule has 1 aliphatic rings. The van der Waals surface area contributed by atoms with Gasteiger partial charge < -0.3 is 5.32 Å². The molecule has 100 valence electrons. The molecular weight excluding hydrogens is 346 g/mol. The zero-order chi connectivity index (χ0) is 13.6. The molecule has 0 fully saturated rings. The van der Waals surface area contributed by atoms with Crippen LogP contribution in [0.25, 0.3) is 11.3 Å². The lowest BCUT2D eigenvalue weighted by atomic mass is 10.1. The number of H-pyrrole nitrogens is 1. The van der Waals surface area contributed by atoms with Crippen molar-refractivity contribution in [3.05, 3.63) is 21.1 Å². The quantitative estimate of drug-likeness (QED) is 0.862. The van der Waals surface area contributed by atoms with E-state index in [1.165, 1.54) is 4.21 Å². The Morgan fingerprint density at radius 2 is 2.37 bits per heavy atom. The second-order valence-corrected chi connectivity index (χ2v) is 8.27. The third-order valence-corrected chi connectivity index (χ3v) is 5.74. The lowest BCUT2D eigenvalue weighted by Crippen LogP contribution is -2.31. The van der Waals surface area contributed by atoms with E-state index in [0.29, 0.717) is 5.69 Å². The number of hydrogen-bond acceptors (Lipinski definition) is 4. The molecule has 2 N–H and O–H groups in total. The zero-order valence-corrected chi connectivity index (χ0v) is 13.6. The molecule has 7 heteroatoms. The number of halogens is 1. The van der Waals surface area contributed by atoms with E-state index < -0.39 is 0 Å². The predicted octanol–water partition coefficient (Wildman–Crippen LogP) is 3.64. The predicted molar refractivity (Wildman–Crippen MR) is 81.8 cm³/mol. The van der Waals surface area contributed by atoms with Gasteiger partial charge >= 0.3 is 0 Å². The Morgan fingerprint density at radius 1 is 1.58 bits per heavy atom. The maximum absolute atomic E-state index is 12.1. The Balaban J connectivity index is 2.01. The molecule has 0 saturated carbocycles. The summed E-state index contributed by atoms with van der Waals surface area (Å²) in [4.78, 5) is 12.1.